The first-order valence-corrected chi connectivity index (χ1v) is 7.77. The van der Waals surface area contributed by atoms with E-state index in [4.69, 9.17) is 5.73 Å². The van der Waals surface area contributed by atoms with Gasteiger partial charge in [-0.25, -0.2) is 9.97 Å². The maximum atomic E-state index is 6.03. The lowest BCUT2D eigenvalue weighted by Gasteiger charge is -2.26. The van der Waals surface area contributed by atoms with E-state index in [0.29, 0.717) is 11.9 Å². The first-order valence-electron chi connectivity index (χ1n) is 6.37. The van der Waals surface area contributed by atoms with Gasteiger partial charge in [-0.2, -0.15) is 11.8 Å². The van der Waals surface area contributed by atoms with Crippen LogP contribution in [0.4, 0.5) is 11.6 Å². The summed E-state index contributed by atoms with van der Waals surface area (Å²) in [6.07, 6.45) is 3.22. The summed E-state index contributed by atoms with van der Waals surface area (Å²) in [5, 5.41) is 0. The number of thioether (sulfide) groups is 1. The largest absolute Gasteiger partial charge is 0.381 e. The summed E-state index contributed by atoms with van der Waals surface area (Å²) in [6.45, 7) is 2.19. The summed E-state index contributed by atoms with van der Waals surface area (Å²) < 4.78 is 0. The number of hydrogen-bond acceptors (Lipinski definition) is 5. The molecule has 5 heteroatoms. The second kappa shape index (κ2) is 6.10. The number of para-hydroxylation sites is 2. The molecule has 0 aliphatic rings. The van der Waals surface area contributed by atoms with E-state index < -0.39 is 0 Å². The number of benzene rings is 1. The fraction of sp³-hybridized carbons (Fsp3) is 0.429. The standard InChI is InChI=1S/C14H20N4S/c1-10(8-9-19-3)18(2)14-13(15)16-11-6-4-5-7-12(11)17-14/h4-7,10H,8-9H2,1-3H3,(H2,15,16). The van der Waals surface area contributed by atoms with Crippen molar-refractivity contribution in [3.63, 3.8) is 0 Å². The molecule has 0 bridgehead atoms. The average molecular weight is 276 g/mol. The smallest absolute Gasteiger partial charge is 0.172 e. The number of rotatable bonds is 5. The Kier molecular flexibility index (Phi) is 4.47. The van der Waals surface area contributed by atoms with Gasteiger partial charge in [0.25, 0.3) is 0 Å². The van der Waals surface area contributed by atoms with E-state index in [-0.39, 0.29) is 0 Å². The van der Waals surface area contributed by atoms with Crippen molar-refractivity contribution in [1.29, 1.82) is 0 Å². The predicted molar refractivity (Wildman–Crippen MR) is 84.8 cm³/mol. The summed E-state index contributed by atoms with van der Waals surface area (Å²) in [5.41, 5.74) is 7.76. The van der Waals surface area contributed by atoms with Crippen LogP contribution < -0.4 is 10.6 Å². The fourth-order valence-electron chi connectivity index (χ4n) is 1.95. The Hall–Kier alpha value is -1.49. The number of nitrogen functional groups attached to an aromatic ring is 1. The van der Waals surface area contributed by atoms with Gasteiger partial charge in [0.2, 0.25) is 0 Å². The van der Waals surface area contributed by atoms with Gasteiger partial charge in [-0.3, -0.25) is 0 Å². The van der Waals surface area contributed by atoms with E-state index in [1.54, 1.807) is 0 Å². The van der Waals surface area contributed by atoms with E-state index in [9.17, 15) is 0 Å². The van der Waals surface area contributed by atoms with Crippen LogP contribution in [-0.2, 0) is 0 Å². The van der Waals surface area contributed by atoms with Gasteiger partial charge in [0, 0.05) is 13.1 Å². The van der Waals surface area contributed by atoms with Crippen molar-refractivity contribution in [1.82, 2.24) is 9.97 Å². The Balaban J connectivity index is 2.30. The minimum Gasteiger partial charge on any atom is -0.381 e. The highest BCUT2D eigenvalue weighted by Gasteiger charge is 2.15. The average Bonchev–Trinajstić information content (AvgIpc) is 2.43. The molecule has 2 aromatic rings. The maximum Gasteiger partial charge on any atom is 0.172 e. The SMILES string of the molecule is CSCCC(C)N(C)c1nc2ccccc2nc1N. The quantitative estimate of drug-likeness (QED) is 0.910. The van der Waals surface area contributed by atoms with Crippen LogP contribution in [0.3, 0.4) is 0 Å². The normalized spacial score (nSPS) is 12.6. The molecule has 102 valence electrons. The lowest BCUT2D eigenvalue weighted by Crippen LogP contribution is -2.31. The van der Waals surface area contributed by atoms with Crippen molar-refractivity contribution in [3.8, 4) is 0 Å². The molecule has 0 spiro atoms. The summed E-state index contributed by atoms with van der Waals surface area (Å²) >= 11 is 1.86. The van der Waals surface area contributed by atoms with Crippen LogP contribution in [0, 0.1) is 0 Å². The molecular weight excluding hydrogens is 256 g/mol. The first-order chi connectivity index (χ1) is 9.13. The summed E-state index contributed by atoms with van der Waals surface area (Å²) in [4.78, 5) is 11.2. The summed E-state index contributed by atoms with van der Waals surface area (Å²) in [7, 11) is 2.03. The van der Waals surface area contributed by atoms with Gasteiger partial charge >= 0.3 is 0 Å². The molecule has 0 radical (unpaired) electrons. The first kappa shape index (κ1) is 13.9. The Bertz CT molecular complexity index is 558. The van der Waals surface area contributed by atoms with Gasteiger partial charge in [-0.05, 0) is 37.5 Å². The topological polar surface area (TPSA) is 55.0 Å². The highest BCUT2D eigenvalue weighted by atomic mass is 32.2. The van der Waals surface area contributed by atoms with E-state index in [1.807, 2.05) is 43.1 Å². The van der Waals surface area contributed by atoms with Crippen molar-refractivity contribution in [2.45, 2.75) is 19.4 Å². The fourth-order valence-corrected chi connectivity index (χ4v) is 2.53. The van der Waals surface area contributed by atoms with Gasteiger partial charge in [0.15, 0.2) is 11.6 Å². The molecule has 2 rings (SSSR count). The molecule has 0 aliphatic heterocycles. The highest BCUT2D eigenvalue weighted by molar-refractivity contribution is 7.98. The minimum absolute atomic E-state index is 0.394. The zero-order valence-electron chi connectivity index (χ0n) is 11.6. The molecule has 1 atom stereocenters. The number of anilines is 2. The number of fused-ring (bicyclic) bond motifs is 1. The van der Waals surface area contributed by atoms with E-state index >= 15 is 0 Å². The molecule has 19 heavy (non-hydrogen) atoms. The van der Waals surface area contributed by atoms with E-state index in [0.717, 1.165) is 29.0 Å². The molecule has 1 aromatic carbocycles. The Morgan fingerprint density at radius 3 is 2.53 bits per heavy atom. The third kappa shape index (κ3) is 3.10. The predicted octanol–water partition coefficient (Wildman–Crippen LogP) is 2.79. The molecule has 0 amide bonds. The van der Waals surface area contributed by atoms with Crippen LogP contribution in [0.2, 0.25) is 0 Å². The third-order valence-corrected chi connectivity index (χ3v) is 3.96. The number of hydrogen-bond donors (Lipinski definition) is 1. The van der Waals surface area contributed by atoms with Crippen LogP contribution in [0.25, 0.3) is 11.0 Å². The van der Waals surface area contributed by atoms with Gasteiger partial charge in [-0.1, -0.05) is 12.1 Å². The van der Waals surface area contributed by atoms with Crippen LogP contribution in [-0.4, -0.2) is 35.1 Å². The lowest BCUT2D eigenvalue weighted by atomic mass is 10.2. The summed E-state index contributed by atoms with van der Waals surface area (Å²) in [6, 6.07) is 8.20. The van der Waals surface area contributed by atoms with Gasteiger partial charge in [0.1, 0.15) is 0 Å². The van der Waals surface area contributed by atoms with Crippen molar-refractivity contribution in [2.24, 2.45) is 0 Å². The molecule has 1 aromatic heterocycles. The Morgan fingerprint density at radius 2 is 1.89 bits per heavy atom. The number of aromatic nitrogens is 2. The zero-order valence-corrected chi connectivity index (χ0v) is 12.4. The monoisotopic (exact) mass is 276 g/mol. The second-order valence-corrected chi connectivity index (χ2v) is 5.65. The maximum absolute atomic E-state index is 6.03. The number of nitrogens with zero attached hydrogens (tertiary/aromatic N) is 3. The highest BCUT2D eigenvalue weighted by Crippen LogP contribution is 2.23. The van der Waals surface area contributed by atoms with Crippen molar-refractivity contribution < 1.29 is 0 Å². The Labute approximate surface area is 118 Å². The molecule has 0 saturated carbocycles. The molecule has 4 nitrogen and oxygen atoms in total. The second-order valence-electron chi connectivity index (χ2n) is 4.66. The molecule has 2 N–H and O–H groups in total. The van der Waals surface area contributed by atoms with Crippen LogP contribution in [0.1, 0.15) is 13.3 Å². The van der Waals surface area contributed by atoms with Crippen LogP contribution in [0.5, 0.6) is 0 Å². The Morgan fingerprint density at radius 1 is 1.26 bits per heavy atom. The molecule has 1 heterocycles. The van der Waals surface area contributed by atoms with Gasteiger partial charge in [-0.15, -0.1) is 0 Å². The van der Waals surface area contributed by atoms with Gasteiger partial charge in [0.05, 0.1) is 11.0 Å². The molecular formula is C14H20N4S. The molecule has 0 saturated heterocycles. The van der Waals surface area contributed by atoms with Crippen molar-refractivity contribution >= 4 is 34.4 Å². The zero-order chi connectivity index (χ0) is 13.8. The molecule has 0 aliphatic carbocycles. The summed E-state index contributed by atoms with van der Waals surface area (Å²) in [5.74, 6) is 2.40. The van der Waals surface area contributed by atoms with Gasteiger partial charge < -0.3 is 10.6 Å². The van der Waals surface area contributed by atoms with Crippen molar-refractivity contribution in [3.05, 3.63) is 24.3 Å². The number of nitrogens with two attached hydrogens (primary N) is 1. The van der Waals surface area contributed by atoms with Crippen molar-refractivity contribution in [2.75, 3.05) is 29.7 Å². The minimum atomic E-state index is 0.394. The van der Waals surface area contributed by atoms with Crippen LogP contribution in [0.15, 0.2) is 24.3 Å². The molecule has 0 fully saturated rings. The third-order valence-electron chi connectivity index (χ3n) is 3.31. The van der Waals surface area contributed by atoms with E-state index in [1.165, 1.54) is 0 Å². The lowest BCUT2D eigenvalue weighted by molar-refractivity contribution is 0.663. The van der Waals surface area contributed by atoms with E-state index in [2.05, 4.69) is 28.0 Å². The van der Waals surface area contributed by atoms with Crippen LogP contribution >= 0.6 is 11.8 Å². The molecule has 1 unspecified atom stereocenters.